The Morgan fingerprint density at radius 1 is 1.10 bits per heavy atom. The Hall–Kier alpha value is -3.12. The molecule has 150 valence electrons. The van der Waals surface area contributed by atoms with Gasteiger partial charge in [0.1, 0.15) is 0 Å². The summed E-state index contributed by atoms with van der Waals surface area (Å²) in [4.78, 5) is 20.1. The number of pyridine rings is 1. The molecule has 1 unspecified atom stereocenters. The number of nitrogens with one attached hydrogen (secondary N) is 1. The van der Waals surface area contributed by atoms with E-state index in [1.807, 2.05) is 53.4 Å². The zero-order valence-corrected chi connectivity index (χ0v) is 16.9. The number of benzene rings is 2. The second-order valence-electron chi connectivity index (χ2n) is 7.25. The van der Waals surface area contributed by atoms with Crippen molar-refractivity contribution in [3.05, 3.63) is 54.1 Å². The molecule has 29 heavy (non-hydrogen) atoms. The number of fused-ring (bicyclic) bond motifs is 1. The normalized spacial score (nSPS) is 16.7. The van der Waals surface area contributed by atoms with Gasteiger partial charge >= 0.3 is 0 Å². The summed E-state index contributed by atoms with van der Waals surface area (Å²) in [5, 5.41) is 4.25. The molecule has 3 aromatic rings. The Morgan fingerprint density at radius 3 is 2.66 bits per heavy atom. The lowest BCUT2D eigenvalue weighted by Crippen LogP contribution is -2.51. The van der Waals surface area contributed by atoms with Gasteiger partial charge in [0.15, 0.2) is 11.5 Å². The van der Waals surface area contributed by atoms with Crippen molar-refractivity contribution < 1.29 is 14.3 Å². The molecule has 4 rings (SSSR count). The second kappa shape index (κ2) is 8.09. The van der Waals surface area contributed by atoms with Crippen LogP contribution in [0.3, 0.4) is 0 Å². The van der Waals surface area contributed by atoms with E-state index in [2.05, 4.69) is 12.2 Å². The molecule has 0 aliphatic carbocycles. The molecule has 1 saturated heterocycles. The van der Waals surface area contributed by atoms with Crippen LogP contribution in [0.1, 0.15) is 17.3 Å². The van der Waals surface area contributed by atoms with Gasteiger partial charge in [0.25, 0.3) is 5.91 Å². The minimum absolute atomic E-state index is 0.0404. The maximum Gasteiger partial charge on any atom is 0.254 e. The van der Waals surface area contributed by atoms with Gasteiger partial charge in [-0.2, -0.15) is 0 Å². The summed E-state index contributed by atoms with van der Waals surface area (Å²) >= 11 is 0. The van der Waals surface area contributed by atoms with Gasteiger partial charge in [-0.1, -0.05) is 18.2 Å². The van der Waals surface area contributed by atoms with E-state index in [1.165, 1.54) is 0 Å². The third kappa shape index (κ3) is 3.76. The molecule has 1 atom stereocenters. The number of hydrogen-bond acceptors (Lipinski definition) is 5. The minimum atomic E-state index is 0.0404. The van der Waals surface area contributed by atoms with E-state index in [-0.39, 0.29) is 11.9 Å². The number of carbonyl (C=O) groups is 1. The van der Waals surface area contributed by atoms with Gasteiger partial charge in [0.2, 0.25) is 0 Å². The fourth-order valence-electron chi connectivity index (χ4n) is 3.78. The number of methoxy groups -OCH3 is 2. The highest BCUT2D eigenvalue weighted by Crippen LogP contribution is 2.33. The van der Waals surface area contributed by atoms with Crippen LogP contribution in [0, 0.1) is 0 Å². The average molecular weight is 391 g/mol. The number of piperazine rings is 1. The van der Waals surface area contributed by atoms with Gasteiger partial charge in [-0.15, -0.1) is 0 Å². The molecule has 6 heteroatoms. The van der Waals surface area contributed by atoms with Crippen LogP contribution in [0.25, 0.3) is 22.2 Å². The number of carbonyl (C=O) groups excluding carboxylic acids is 1. The Kier molecular flexibility index (Phi) is 5.36. The Labute approximate surface area is 170 Å². The number of amides is 1. The van der Waals surface area contributed by atoms with Crippen LogP contribution in [-0.4, -0.2) is 55.7 Å². The molecule has 1 amide bonds. The summed E-state index contributed by atoms with van der Waals surface area (Å²) in [5.74, 6) is 1.32. The summed E-state index contributed by atoms with van der Waals surface area (Å²) in [7, 11) is 3.22. The lowest BCUT2D eigenvalue weighted by molar-refractivity contribution is 0.0711. The maximum atomic E-state index is 13.4. The predicted octanol–water partition coefficient (Wildman–Crippen LogP) is 3.35. The fraction of sp³-hybridized carbons (Fsp3) is 0.304. The molecule has 1 N–H and O–H groups in total. The number of para-hydroxylation sites is 1. The molecule has 1 aliphatic rings. The summed E-state index contributed by atoms with van der Waals surface area (Å²) < 4.78 is 10.8. The third-order valence-electron chi connectivity index (χ3n) is 5.28. The van der Waals surface area contributed by atoms with Crippen molar-refractivity contribution in [1.82, 2.24) is 15.2 Å². The third-order valence-corrected chi connectivity index (χ3v) is 5.28. The summed E-state index contributed by atoms with van der Waals surface area (Å²) in [6, 6.07) is 15.6. The zero-order valence-electron chi connectivity index (χ0n) is 16.9. The fourth-order valence-corrected chi connectivity index (χ4v) is 3.78. The standard InChI is InChI=1S/C23H25N3O3/c1-15-14-26(11-10-24-15)23(27)18-13-20(25-19-7-5-4-6-17(18)19)16-8-9-21(28-2)22(12-16)29-3/h4-9,12-13,15,24H,10-11,14H2,1-3H3. The van der Waals surface area contributed by atoms with E-state index >= 15 is 0 Å². The highest BCUT2D eigenvalue weighted by molar-refractivity contribution is 6.07. The molecule has 1 aliphatic heterocycles. The smallest absolute Gasteiger partial charge is 0.254 e. The van der Waals surface area contributed by atoms with Crippen LogP contribution in [0.5, 0.6) is 11.5 Å². The van der Waals surface area contributed by atoms with Crippen molar-refractivity contribution in [2.75, 3.05) is 33.9 Å². The van der Waals surface area contributed by atoms with Crippen LogP contribution in [0.15, 0.2) is 48.5 Å². The first kappa shape index (κ1) is 19.2. The van der Waals surface area contributed by atoms with Gasteiger partial charge in [-0.05, 0) is 37.3 Å². The van der Waals surface area contributed by atoms with Crippen molar-refractivity contribution in [3.63, 3.8) is 0 Å². The first-order chi connectivity index (χ1) is 14.1. The van der Waals surface area contributed by atoms with Crippen molar-refractivity contribution in [3.8, 4) is 22.8 Å². The summed E-state index contributed by atoms with van der Waals surface area (Å²) in [6.45, 7) is 4.30. The quantitative estimate of drug-likeness (QED) is 0.739. The van der Waals surface area contributed by atoms with Crippen LogP contribution < -0.4 is 14.8 Å². The summed E-state index contributed by atoms with van der Waals surface area (Å²) in [5.41, 5.74) is 3.08. The molecule has 2 heterocycles. The van der Waals surface area contributed by atoms with Gasteiger partial charge in [0.05, 0.1) is 31.0 Å². The van der Waals surface area contributed by atoms with Gasteiger partial charge in [-0.3, -0.25) is 4.79 Å². The van der Waals surface area contributed by atoms with Crippen molar-refractivity contribution in [2.45, 2.75) is 13.0 Å². The zero-order chi connectivity index (χ0) is 20.4. The van der Waals surface area contributed by atoms with Gasteiger partial charge in [-0.25, -0.2) is 4.98 Å². The number of nitrogens with zero attached hydrogens (tertiary/aromatic N) is 2. The molecule has 0 bridgehead atoms. The van der Waals surface area contributed by atoms with Crippen LogP contribution in [0.4, 0.5) is 0 Å². The van der Waals surface area contributed by atoms with Crippen molar-refractivity contribution in [1.29, 1.82) is 0 Å². The number of aromatic nitrogens is 1. The molecule has 0 spiro atoms. The van der Waals surface area contributed by atoms with Crippen molar-refractivity contribution in [2.24, 2.45) is 0 Å². The topological polar surface area (TPSA) is 63.7 Å². The minimum Gasteiger partial charge on any atom is -0.493 e. The molecule has 0 radical (unpaired) electrons. The lowest BCUT2D eigenvalue weighted by atomic mass is 10.0. The van der Waals surface area contributed by atoms with E-state index in [1.54, 1.807) is 14.2 Å². The highest BCUT2D eigenvalue weighted by atomic mass is 16.5. The first-order valence-corrected chi connectivity index (χ1v) is 9.75. The largest absolute Gasteiger partial charge is 0.493 e. The maximum absolute atomic E-state index is 13.4. The molecule has 6 nitrogen and oxygen atoms in total. The monoisotopic (exact) mass is 391 g/mol. The second-order valence-corrected chi connectivity index (χ2v) is 7.25. The molecule has 1 aromatic heterocycles. The number of hydrogen-bond donors (Lipinski definition) is 1. The molecular weight excluding hydrogens is 366 g/mol. The average Bonchev–Trinajstić information content (AvgIpc) is 2.77. The first-order valence-electron chi connectivity index (χ1n) is 9.75. The van der Waals surface area contributed by atoms with Crippen LogP contribution >= 0.6 is 0 Å². The van der Waals surface area contributed by atoms with Gasteiger partial charge in [0, 0.05) is 36.6 Å². The SMILES string of the molecule is COc1ccc(-c2cc(C(=O)N3CCNC(C)C3)c3ccccc3n2)cc1OC. The Morgan fingerprint density at radius 2 is 1.90 bits per heavy atom. The van der Waals surface area contributed by atoms with Crippen LogP contribution in [-0.2, 0) is 0 Å². The number of rotatable bonds is 4. The van der Waals surface area contributed by atoms with Crippen molar-refractivity contribution >= 4 is 16.8 Å². The Bertz CT molecular complexity index is 1050. The van der Waals surface area contributed by atoms with E-state index in [4.69, 9.17) is 14.5 Å². The van der Waals surface area contributed by atoms with E-state index in [9.17, 15) is 4.79 Å². The molecular formula is C23H25N3O3. The molecule has 1 fully saturated rings. The van der Waals surface area contributed by atoms with Gasteiger partial charge < -0.3 is 19.7 Å². The number of ether oxygens (including phenoxy) is 2. The van der Waals surface area contributed by atoms with E-state index in [0.717, 1.165) is 28.7 Å². The van der Waals surface area contributed by atoms with Crippen LogP contribution in [0.2, 0.25) is 0 Å². The van der Waals surface area contributed by atoms with E-state index in [0.29, 0.717) is 30.2 Å². The predicted molar refractivity (Wildman–Crippen MR) is 114 cm³/mol. The highest BCUT2D eigenvalue weighted by Gasteiger charge is 2.24. The lowest BCUT2D eigenvalue weighted by Gasteiger charge is -2.32. The molecule has 2 aromatic carbocycles. The molecule has 0 saturated carbocycles. The Balaban J connectivity index is 1.82. The summed E-state index contributed by atoms with van der Waals surface area (Å²) in [6.07, 6.45) is 0. The van der Waals surface area contributed by atoms with E-state index < -0.39 is 0 Å².